The number of aromatic nitrogens is 2. The smallest absolute Gasteiger partial charge is 0.272 e. The molecule has 1 aromatic rings. The van der Waals surface area contributed by atoms with Gasteiger partial charge in [0.15, 0.2) is 5.69 Å². The van der Waals surface area contributed by atoms with Crippen LogP contribution in [0.5, 0.6) is 5.88 Å². The number of nitrogens with zero attached hydrogens (tertiary/aromatic N) is 2. The fraction of sp³-hybridized carbons (Fsp3) is 0.500. The first kappa shape index (κ1) is 10.8. The molecular formula is C10H13N3O3. The molecule has 86 valence electrons. The van der Waals surface area contributed by atoms with Crippen LogP contribution in [0, 0.1) is 5.92 Å². The lowest BCUT2D eigenvalue weighted by atomic mass is 9.83. The number of hydrogen-bond acceptors (Lipinski definition) is 5. The van der Waals surface area contributed by atoms with Crippen molar-refractivity contribution in [2.45, 2.75) is 18.9 Å². The highest BCUT2D eigenvalue weighted by atomic mass is 16.5. The van der Waals surface area contributed by atoms with E-state index in [0.717, 1.165) is 12.8 Å². The van der Waals surface area contributed by atoms with Crippen molar-refractivity contribution in [1.82, 2.24) is 9.97 Å². The van der Waals surface area contributed by atoms with Gasteiger partial charge < -0.3 is 15.6 Å². The lowest BCUT2D eigenvalue weighted by Crippen LogP contribution is -2.33. The topological polar surface area (TPSA) is 98.3 Å². The number of carbonyl (C=O) groups excluding carboxylic acids is 1. The maximum atomic E-state index is 11.0. The molecule has 1 fully saturated rings. The van der Waals surface area contributed by atoms with Gasteiger partial charge in [0, 0.05) is 12.4 Å². The Morgan fingerprint density at radius 1 is 1.50 bits per heavy atom. The van der Waals surface area contributed by atoms with Crippen molar-refractivity contribution < 1.29 is 14.6 Å². The number of hydrogen-bond donors (Lipinski definition) is 2. The van der Waals surface area contributed by atoms with E-state index in [-0.39, 0.29) is 17.7 Å². The van der Waals surface area contributed by atoms with Crippen LogP contribution < -0.4 is 10.5 Å². The van der Waals surface area contributed by atoms with Crippen molar-refractivity contribution in [3.63, 3.8) is 0 Å². The van der Waals surface area contributed by atoms with Crippen LogP contribution >= 0.6 is 0 Å². The zero-order valence-corrected chi connectivity index (χ0v) is 8.67. The average molecular weight is 223 g/mol. The SMILES string of the molecule is NC(=O)c1nccnc1OCC1CC(O)C1. The number of aliphatic hydroxyl groups is 1. The van der Waals surface area contributed by atoms with Gasteiger partial charge in [-0.3, -0.25) is 4.79 Å². The predicted octanol–water partition coefficient (Wildman–Crippen LogP) is -0.275. The molecule has 0 atom stereocenters. The third-order valence-corrected chi connectivity index (χ3v) is 2.56. The van der Waals surface area contributed by atoms with E-state index >= 15 is 0 Å². The third-order valence-electron chi connectivity index (χ3n) is 2.56. The van der Waals surface area contributed by atoms with Crippen LogP contribution in [0.4, 0.5) is 0 Å². The van der Waals surface area contributed by atoms with E-state index in [2.05, 4.69) is 9.97 Å². The van der Waals surface area contributed by atoms with Gasteiger partial charge in [-0.15, -0.1) is 0 Å². The Balaban J connectivity index is 1.95. The van der Waals surface area contributed by atoms with Gasteiger partial charge in [0.1, 0.15) is 0 Å². The first-order valence-electron chi connectivity index (χ1n) is 5.08. The first-order valence-corrected chi connectivity index (χ1v) is 5.08. The van der Waals surface area contributed by atoms with Crippen LogP contribution in [0.15, 0.2) is 12.4 Å². The summed E-state index contributed by atoms with van der Waals surface area (Å²) in [6.45, 7) is 0.427. The van der Waals surface area contributed by atoms with Crippen molar-refractivity contribution in [2.75, 3.05) is 6.61 Å². The van der Waals surface area contributed by atoms with E-state index in [1.165, 1.54) is 12.4 Å². The van der Waals surface area contributed by atoms with Crippen molar-refractivity contribution >= 4 is 5.91 Å². The highest BCUT2D eigenvalue weighted by Gasteiger charge is 2.28. The molecule has 2 rings (SSSR count). The second-order valence-corrected chi connectivity index (χ2v) is 3.88. The standard InChI is InChI=1S/C10H13N3O3/c11-9(15)8-10(13-2-1-12-8)16-5-6-3-7(14)4-6/h1-2,6-7,14H,3-5H2,(H2,11,15). The Bertz CT molecular complexity index is 391. The quantitative estimate of drug-likeness (QED) is 0.731. The molecule has 6 heteroatoms. The maximum absolute atomic E-state index is 11.0. The van der Waals surface area contributed by atoms with Crippen LogP contribution in [-0.4, -0.2) is 33.7 Å². The molecule has 0 radical (unpaired) electrons. The Morgan fingerprint density at radius 2 is 2.19 bits per heavy atom. The van der Waals surface area contributed by atoms with E-state index < -0.39 is 5.91 Å². The molecule has 0 spiro atoms. The van der Waals surface area contributed by atoms with Gasteiger partial charge >= 0.3 is 0 Å². The van der Waals surface area contributed by atoms with Gasteiger partial charge in [0.05, 0.1) is 12.7 Å². The van der Waals surface area contributed by atoms with Gasteiger partial charge in [-0.1, -0.05) is 0 Å². The predicted molar refractivity (Wildman–Crippen MR) is 54.8 cm³/mol. The number of rotatable bonds is 4. The molecule has 0 saturated heterocycles. The summed E-state index contributed by atoms with van der Waals surface area (Å²) in [4.78, 5) is 18.7. The van der Waals surface area contributed by atoms with E-state index in [1.807, 2.05) is 0 Å². The van der Waals surface area contributed by atoms with Crippen LogP contribution in [0.1, 0.15) is 23.3 Å². The number of primary amides is 1. The molecule has 1 amide bonds. The van der Waals surface area contributed by atoms with Crippen molar-refractivity contribution in [3.05, 3.63) is 18.1 Å². The van der Waals surface area contributed by atoms with E-state index in [1.54, 1.807) is 0 Å². The Kier molecular flexibility index (Phi) is 3.00. The molecule has 1 heterocycles. The average Bonchev–Trinajstić information content (AvgIpc) is 2.23. The molecule has 0 bridgehead atoms. The Hall–Kier alpha value is -1.69. The lowest BCUT2D eigenvalue weighted by Gasteiger charge is -2.30. The number of aliphatic hydroxyl groups excluding tert-OH is 1. The fourth-order valence-electron chi connectivity index (χ4n) is 1.63. The highest BCUT2D eigenvalue weighted by Crippen LogP contribution is 2.27. The molecule has 1 aliphatic rings. The van der Waals surface area contributed by atoms with Crippen molar-refractivity contribution in [3.8, 4) is 5.88 Å². The number of nitrogens with two attached hydrogens (primary N) is 1. The van der Waals surface area contributed by atoms with Gasteiger partial charge in [-0.05, 0) is 18.8 Å². The summed E-state index contributed by atoms with van der Waals surface area (Å²) in [7, 11) is 0. The van der Waals surface area contributed by atoms with Crippen LogP contribution in [-0.2, 0) is 0 Å². The van der Waals surface area contributed by atoms with Gasteiger partial charge in [-0.2, -0.15) is 0 Å². The van der Waals surface area contributed by atoms with Crippen molar-refractivity contribution in [2.24, 2.45) is 11.7 Å². The first-order chi connectivity index (χ1) is 7.66. The summed E-state index contributed by atoms with van der Waals surface area (Å²) in [5.41, 5.74) is 5.17. The summed E-state index contributed by atoms with van der Waals surface area (Å²) in [5, 5.41) is 9.10. The second-order valence-electron chi connectivity index (χ2n) is 3.88. The van der Waals surface area contributed by atoms with Crippen molar-refractivity contribution in [1.29, 1.82) is 0 Å². The molecule has 16 heavy (non-hydrogen) atoms. The largest absolute Gasteiger partial charge is 0.476 e. The minimum absolute atomic E-state index is 0.0439. The Labute approximate surface area is 92.5 Å². The summed E-state index contributed by atoms with van der Waals surface area (Å²) in [5.74, 6) is -0.175. The molecule has 0 aliphatic heterocycles. The van der Waals surface area contributed by atoms with Crippen LogP contribution in [0.25, 0.3) is 0 Å². The van der Waals surface area contributed by atoms with Crippen LogP contribution in [0.3, 0.4) is 0 Å². The zero-order chi connectivity index (χ0) is 11.5. The van der Waals surface area contributed by atoms with E-state index in [4.69, 9.17) is 15.6 Å². The minimum Gasteiger partial charge on any atom is -0.476 e. The number of carbonyl (C=O) groups is 1. The summed E-state index contributed by atoms with van der Waals surface area (Å²) >= 11 is 0. The lowest BCUT2D eigenvalue weighted by molar-refractivity contribution is 0.0192. The molecule has 6 nitrogen and oxygen atoms in total. The van der Waals surface area contributed by atoms with E-state index in [9.17, 15) is 4.79 Å². The third kappa shape index (κ3) is 2.27. The monoisotopic (exact) mass is 223 g/mol. The maximum Gasteiger partial charge on any atom is 0.272 e. The zero-order valence-electron chi connectivity index (χ0n) is 8.67. The normalized spacial score (nSPS) is 23.6. The Morgan fingerprint density at radius 3 is 2.81 bits per heavy atom. The fourth-order valence-corrected chi connectivity index (χ4v) is 1.63. The summed E-state index contributed by atoms with van der Waals surface area (Å²) in [6.07, 6.45) is 4.07. The second kappa shape index (κ2) is 4.44. The molecule has 3 N–H and O–H groups in total. The highest BCUT2D eigenvalue weighted by molar-refractivity contribution is 5.92. The summed E-state index contributed by atoms with van der Waals surface area (Å²) < 4.78 is 5.37. The van der Waals surface area contributed by atoms with Gasteiger partial charge in [-0.25, -0.2) is 9.97 Å². The van der Waals surface area contributed by atoms with Gasteiger partial charge in [0.25, 0.3) is 5.91 Å². The van der Waals surface area contributed by atoms with E-state index in [0.29, 0.717) is 12.5 Å². The molecule has 1 saturated carbocycles. The molecule has 1 aromatic heterocycles. The number of amides is 1. The molecule has 0 aromatic carbocycles. The van der Waals surface area contributed by atoms with Gasteiger partial charge in [0.2, 0.25) is 5.88 Å². The number of ether oxygens (including phenoxy) is 1. The molecule has 0 unspecified atom stereocenters. The molecule has 1 aliphatic carbocycles. The molecular weight excluding hydrogens is 210 g/mol. The minimum atomic E-state index is -0.656. The summed E-state index contributed by atoms with van der Waals surface area (Å²) in [6, 6.07) is 0. The van der Waals surface area contributed by atoms with Crippen LogP contribution in [0.2, 0.25) is 0 Å².